The molecule has 1 amide bonds. The molecule has 1 saturated carbocycles. The van der Waals surface area contributed by atoms with Gasteiger partial charge in [0.25, 0.3) is 5.91 Å². The van der Waals surface area contributed by atoms with E-state index in [1.807, 2.05) is 0 Å². The van der Waals surface area contributed by atoms with Gasteiger partial charge in [0, 0.05) is 13.5 Å². The van der Waals surface area contributed by atoms with E-state index in [1.165, 1.54) is 11.3 Å². The Morgan fingerprint density at radius 1 is 1.32 bits per heavy atom. The van der Waals surface area contributed by atoms with Crippen molar-refractivity contribution in [3.05, 3.63) is 23.8 Å². The summed E-state index contributed by atoms with van der Waals surface area (Å²) in [6.07, 6.45) is 7.10. The van der Waals surface area contributed by atoms with Crippen LogP contribution in [0.2, 0.25) is 0 Å². The van der Waals surface area contributed by atoms with Gasteiger partial charge in [0.2, 0.25) is 0 Å². The van der Waals surface area contributed by atoms with Crippen LogP contribution in [-0.2, 0) is 9.53 Å². The minimum absolute atomic E-state index is 0.0907. The molecule has 0 bridgehead atoms. The van der Waals surface area contributed by atoms with Crippen molar-refractivity contribution in [2.75, 3.05) is 13.7 Å². The quantitative estimate of drug-likeness (QED) is 0.826. The van der Waals surface area contributed by atoms with Crippen molar-refractivity contribution in [1.29, 1.82) is 0 Å². The summed E-state index contributed by atoms with van der Waals surface area (Å²) in [5, 5.41) is 0. The first-order chi connectivity index (χ1) is 11.9. The van der Waals surface area contributed by atoms with Gasteiger partial charge in [-0.3, -0.25) is 9.69 Å². The summed E-state index contributed by atoms with van der Waals surface area (Å²) in [7, 11) is 1.58. The molecule has 3 rings (SSSR count). The molecular weight excluding hydrogens is 328 g/mol. The molecule has 2 atom stereocenters. The number of aliphatic imine (C=N–C) groups is 1. The number of guanidine groups is 1. The molecule has 25 heavy (non-hydrogen) atoms. The van der Waals surface area contributed by atoms with Crippen molar-refractivity contribution in [3.63, 3.8) is 0 Å². The Labute approximate surface area is 146 Å². The molecule has 0 spiro atoms. The van der Waals surface area contributed by atoms with Crippen LogP contribution >= 0.6 is 0 Å². The average molecular weight is 353 g/mol. The van der Waals surface area contributed by atoms with E-state index in [1.54, 1.807) is 7.05 Å². The maximum atomic E-state index is 13.9. The summed E-state index contributed by atoms with van der Waals surface area (Å²) in [5.74, 6) is -0.690. The summed E-state index contributed by atoms with van der Waals surface area (Å²) < 4.78 is 32.9. The molecule has 7 heteroatoms. The Morgan fingerprint density at radius 2 is 2.04 bits per heavy atom. The second-order valence-electron chi connectivity index (χ2n) is 7.24. The Kier molecular flexibility index (Phi) is 5.22. The van der Waals surface area contributed by atoms with Gasteiger partial charge in [-0.15, -0.1) is 0 Å². The van der Waals surface area contributed by atoms with E-state index >= 15 is 0 Å². The molecule has 1 aliphatic heterocycles. The fraction of sp³-hybridized carbons (Fsp3) is 0.667. The van der Waals surface area contributed by atoms with Crippen molar-refractivity contribution in [2.45, 2.75) is 56.6 Å². The van der Waals surface area contributed by atoms with Crippen LogP contribution in [0.5, 0.6) is 0 Å². The zero-order valence-electron chi connectivity index (χ0n) is 14.5. The maximum Gasteiger partial charge on any atom is 0.259 e. The third-order valence-electron chi connectivity index (χ3n) is 5.36. The van der Waals surface area contributed by atoms with Crippen LogP contribution in [0.15, 0.2) is 28.8 Å². The highest BCUT2D eigenvalue weighted by Gasteiger charge is 2.48. The van der Waals surface area contributed by atoms with E-state index in [2.05, 4.69) is 4.99 Å². The minimum atomic E-state index is -1.13. The van der Waals surface area contributed by atoms with Crippen LogP contribution in [0.4, 0.5) is 8.78 Å². The molecule has 0 aromatic rings. The molecule has 0 aromatic carbocycles. The van der Waals surface area contributed by atoms with Crippen LogP contribution < -0.4 is 5.73 Å². The highest BCUT2D eigenvalue weighted by Crippen LogP contribution is 2.36. The van der Waals surface area contributed by atoms with Gasteiger partial charge in [-0.05, 0) is 24.5 Å². The molecule has 2 unspecified atom stereocenters. The van der Waals surface area contributed by atoms with Crippen LogP contribution in [0.25, 0.3) is 0 Å². The standard InChI is InChI=1S/C18H25F2N3O2/c1-23-16(24)18(22-17(23)21,10-12-5-3-2-4-6-12)11-25-15-9-13(19)7-8-14(15)20/h7-8,12,15H,2-6,9-11H2,1H3,(H2,21,22). The number of nitrogens with zero attached hydrogens (tertiary/aromatic N) is 2. The number of amides is 1. The molecule has 138 valence electrons. The van der Waals surface area contributed by atoms with Gasteiger partial charge < -0.3 is 10.5 Å². The third-order valence-corrected chi connectivity index (χ3v) is 5.36. The van der Waals surface area contributed by atoms with Crippen molar-refractivity contribution in [1.82, 2.24) is 4.90 Å². The number of hydrogen-bond acceptors (Lipinski definition) is 4. The molecular formula is C18H25F2N3O2. The molecule has 0 aromatic heterocycles. The second-order valence-corrected chi connectivity index (χ2v) is 7.24. The topological polar surface area (TPSA) is 67.9 Å². The average Bonchev–Trinajstić information content (AvgIpc) is 2.81. The number of hydrogen-bond donors (Lipinski definition) is 1. The first kappa shape index (κ1) is 18.0. The molecule has 1 heterocycles. The Balaban J connectivity index is 1.74. The third kappa shape index (κ3) is 3.76. The van der Waals surface area contributed by atoms with E-state index in [4.69, 9.17) is 10.5 Å². The molecule has 2 N–H and O–H groups in total. The lowest BCUT2D eigenvalue weighted by Crippen LogP contribution is -2.47. The smallest absolute Gasteiger partial charge is 0.259 e. The van der Waals surface area contributed by atoms with E-state index in [0.717, 1.165) is 37.8 Å². The maximum absolute atomic E-state index is 13.9. The van der Waals surface area contributed by atoms with Crippen molar-refractivity contribution in [3.8, 4) is 0 Å². The van der Waals surface area contributed by atoms with Gasteiger partial charge in [-0.2, -0.15) is 0 Å². The van der Waals surface area contributed by atoms with E-state index in [0.29, 0.717) is 12.3 Å². The molecule has 5 nitrogen and oxygen atoms in total. The van der Waals surface area contributed by atoms with Gasteiger partial charge in [-0.1, -0.05) is 32.1 Å². The lowest BCUT2D eigenvalue weighted by atomic mass is 9.79. The summed E-state index contributed by atoms with van der Waals surface area (Å²) in [4.78, 5) is 18.5. The Bertz CT molecular complexity index is 626. The normalized spacial score (nSPS) is 31.0. The van der Waals surface area contributed by atoms with E-state index in [-0.39, 0.29) is 24.9 Å². The van der Waals surface area contributed by atoms with E-state index < -0.39 is 23.3 Å². The number of likely N-dealkylation sites (N-methyl/N-ethyl adjacent to an activating group) is 1. The highest BCUT2D eigenvalue weighted by molar-refractivity contribution is 6.06. The fourth-order valence-corrected chi connectivity index (χ4v) is 3.91. The van der Waals surface area contributed by atoms with E-state index in [9.17, 15) is 13.6 Å². The molecule has 0 saturated heterocycles. The summed E-state index contributed by atoms with van der Waals surface area (Å²) >= 11 is 0. The van der Waals surface area contributed by atoms with Gasteiger partial charge in [0.15, 0.2) is 11.5 Å². The number of nitrogens with two attached hydrogens (primary N) is 1. The van der Waals surface area contributed by atoms with Crippen LogP contribution in [0.1, 0.15) is 44.9 Å². The monoisotopic (exact) mass is 353 g/mol. The fourth-order valence-electron chi connectivity index (χ4n) is 3.91. The zero-order chi connectivity index (χ0) is 18.0. The SMILES string of the molecule is CN1C(=O)C(COC2CC(F)=CC=C2F)(CC2CCCCC2)N=C1N. The Hall–Kier alpha value is -1.76. The minimum Gasteiger partial charge on any atom is -0.369 e. The van der Waals surface area contributed by atoms with Crippen LogP contribution in [0, 0.1) is 5.92 Å². The van der Waals surface area contributed by atoms with Crippen molar-refractivity contribution < 1.29 is 18.3 Å². The lowest BCUT2D eigenvalue weighted by Gasteiger charge is -2.32. The molecule has 1 fully saturated rings. The van der Waals surface area contributed by atoms with Gasteiger partial charge in [0.1, 0.15) is 17.8 Å². The lowest BCUT2D eigenvalue weighted by molar-refractivity contribution is -0.134. The molecule has 0 radical (unpaired) electrons. The van der Waals surface area contributed by atoms with Crippen molar-refractivity contribution >= 4 is 11.9 Å². The number of carbonyl (C=O) groups excluding carboxylic acids is 1. The van der Waals surface area contributed by atoms with Crippen LogP contribution in [0.3, 0.4) is 0 Å². The number of allylic oxidation sites excluding steroid dienone is 2. The predicted octanol–water partition coefficient (Wildman–Crippen LogP) is 2.98. The summed E-state index contributed by atoms with van der Waals surface area (Å²) in [6, 6.07) is 0. The second kappa shape index (κ2) is 7.23. The predicted molar refractivity (Wildman–Crippen MR) is 91.1 cm³/mol. The van der Waals surface area contributed by atoms with Gasteiger partial charge in [0.05, 0.1) is 6.61 Å². The van der Waals surface area contributed by atoms with Crippen molar-refractivity contribution in [2.24, 2.45) is 16.6 Å². The number of rotatable bonds is 5. The molecule has 3 aliphatic rings. The number of carbonyl (C=O) groups is 1. The van der Waals surface area contributed by atoms with Gasteiger partial charge in [-0.25, -0.2) is 13.8 Å². The van der Waals surface area contributed by atoms with Crippen LogP contribution in [-0.4, -0.2) is 42.1 Å². The number of ether oxygens (including phenoxy) is 1. The zero-order valence-corrected chi connectivity index (χ0v) is 14.5. The highest BCUT2D eigenvalue weighted by atomic mass is 19.1. The summed E-state index contributed by atoms with van der Waals surface area (Å²) in [6.45, 7) is -0.0907. The number of halogens is 2. The largest absolute Gasteiger partial charge is 0.369 e. The van der Waals surface area contributed by atoms with Gasteiger partial charge >= 0.3 is 0 Å². The first-order valence-corrected chi connectivity index (χ1v) is 8.88. The summed E-state index contributed by atoms with van der Waals surface area (Å²) in [5.41, 5.74) is 4.73. The Morgan fingerprint density at radius 3 is 2.68 bits per heavy atom. The first-order valence-electron chi connectivity index (χ1n) is 8.88. The molecule has 2 aliphatic carbocycles.